The molecule has 0 saturated carbocycles. The Kier molecular flexibility index (Phi) is 9.46. The van der Waals surface area contributed by atoms with Gasteiger partial charge >= 0.3 is 6.03 Å². The van der Waals surface area contributed by atoms with Crippen LogP contribution >= 0.6 is 0 Å². The summed E-state index contributed by atoms with van der Waals surface area (Å²) in [7, 11) is 3.32. The van der Waals surface area contributed by atoms with Gasteiger partial charge in [0.1, 0.15) is 23.7 Å². The number of urea groups is 1. The number of phenols is 1. The van der Waals surface area contributed by atoms with E-state index in [0.717, 1.165) is 36.1 Å². The molecular formula is C33H39N5O5. The summed E-state index contributed by atoms with van der Waals surface area (Å²) < 4.78 is 5.22. The van der Waals surface area contributed by atoms with Crippen LogP contribution < -0.4 is 10.1 Å². The Bertz CT molecular complexity index is 1400. The van der Waals surface area contributed by atoms with E-state index in [9.17, 15) is 19.5 Å². The molecule has 2 fully saturated rings. The Morgan fingerprint density at radius 3 is 2.33 bits per heavy atom. The van der Waals surface area contributed by atoms with Crippen molar-refractivity contribution >= 4 is 17.8 Å². The predicted molar refractivity (Wildman–Crippen MR) is 162 cm³/mol. The van der Waals surface area contributed by atoms with Crippen LogP contribution in [0.4, 0.5) is 4.79 Å². The number of benzene rings is 3. The van der Waals surface area contributed by atoms with Gasteiger partial charge in [-0.1, -0.05) is 54.6 Å². The molecule has 226 valence electrons. The number of ether oxygens (including phenoxy) is 1. The number of phenolic OH excluding ortho intramolecular Hbond substituents is 1. The molecule has 2 aliphatic heterocycles. The van der Waals surface area contributed by atoms with Crippen LogP contribution in [0.1, 0.15) is 29.5 Å². The summed E-state index contributed by atoms with van der Waals surface area (Å²) in [4.78, 5) is 44.4. The lowest BCUT2D eigenvalue weighted by Crippen LogP contribution is -2.76. The molecule has 10 nitrogen and oxygen atoms in total. The average molecular weight is 586 g/mol. The molecule has 3 aromatic rings. The molecule has 0 unspecified atom stereocenters. The molecule has 43 heavy (non-hydrogen) atoms. The number of unbranched alkanes of at least 4 members (excludes halogenated alkanes) is 1. The zero-order valence-corrected chi connectivity index (χ0v) is 24.7. The van der Waals surface area contributed by atoms with Crippen molar-refractivity contribution in [1.82, 2.24) is 25.1 Å². The van der Waals surface area contributed by atoms with Crippen LogP contribution in [0.25, 0.3) is 0 Å². The van der Waals surface area contributed by atoms with Crippen LogP contribution in [0, 0.1) is 0 Å². The lowest BCUT2D eigenvalue weighted by Gasteiger charge is -2.54. The molecule has 0 radical (unpaired) electrons. The fourth-order valence-corrected chi connectivity index (χ4v) is 5.84. The number of likely N-dealkylation sites (N-methyl/N-ethyl adjacent to an activating group) is 1. The van der Waals surface area contributed by atoms with Crippen molar-refractivity contribution in [3.05, 3.63) is 95.6 Å². The Hall–Kier alpha value is -4.57. The quantitative estimate of drug-likeness (QED) is 0.354. The third-order valence-electron chi connectivity index (χ3n) is 8.10. The molecule has 0 aliphatic carbocycles. The third kappa shape index (κ3) is 7.09. The molecule has 3 aromatic carbocycles. The first kappa shape index (κ1) is 29.9. The van der Waals surface area contributed by atoms with Gasteiger partial charge in [-0.2, -0.15) is 0 Å². The molecule has 2 N–H and O–H groups in total. The number of hydrazine groups is 1. The highest BCUT2D eigenvalue weighted by atomic mass is 16.5. The first-order valence-electron chi connectivity index (χ1n) is 14.7. The first-order valence-corrected chi connectivity index (χ1v) is 14.7. The van der Waals surface area contributed by atoms with E-state index in [2.05, 4.69) is 17.4 Å². The SMILES string of the molecule is COc1ccc(CNC(=O)N2[C@H]3CN(CCCCc4ccccc4)C(=O)[C@H](Cc4ccc(O)cc4)N3C(=O)CN2C)cc1. The Balaban J connectivity index is 1.35. The Labute approximate surface area is 252 Å². The summed E-state index contributed by atoms with van der Waals surface area (Å²) in [6.07, 6.45) is 2.25. The third-order valence-corrected chi connectivity index (χ3v) is 8.10. The molecule has 0 bridgehead atoms. The van der Waals surface area contributed by atoms with Crippen molar-refractivity contribution in [2.24, 2.45) is 0 Å². The van der Waals surface area contributed by atoms with E-state index in [0.29, 0.717) is 13.1 Å². The van der Waals surface area contributed by atoms with Gasteiger partial charge < -0.3 is 25.0 Å². The maximum absolute atomic E-state index is 13.9. The van der Waals surface area contributed by atoms with Gasteiger partial charge in [0.25, 0.3) is 0 Å². The Morgan fingerprint density at radius 1 is 0.930 bits per heavy atom. The highest BCUT2D eigenvalue weighted by Crippen LogP contribution is 2.28. The van der Waals surface area contributed by atoms with Crippen LogP contribution in [0.5, 0.6) is 11.5 Å². The molecule has 2 heterocycles. The molecule has 2 atom stereocenters. The summed E-state index contributed by atoms with van der Waals surface area (Å²) in [5.74, 6) is 0.538. The number of aryl methyl sites for hydroxylation is 1. The van der Waals surface area contributed by atoms with Crippen molar-refractivity contribution in [3.8, 4) is 11.5 Å². The number of aromatic hydroxyl groups is 1. The molecule has 2 aliphatic rings. The molecular weight excluding hydrogens is 546 g/mol. The number of methoxy groups -OCH3 is 1. The highest BCUT2D eigenvalue weighted by molar-refractivity contribution is 5.91. The van der Waals surface area contributed by atoms with Gasteiger partial charge in [0, 0.05) is 26.6 Å². The van der Waals surface area contributed by atoms with E-state index in [1.165, 1.54) is 5.56 Å². The van der Waals surface area contributed by atoms with Crippen molar-refractivity contribution < 1.29 is 24.2 Å². The number of carbonyl (C=O) groups excluding carboxylic acids is 3. The molecule has 5 rings (SSSR count). The molecule has 0 aromatic heterocycles. The number of amides is 4. The summed E-state index contributed by atoms with van der Waals surface area (Å²) in [6.45, 7) is 1.03. The summed E-state index contributed by atoms with van der Waals surface area (Å²) in [5, 5.41) is 16.0. The van der Waals surface area contributed by atoms with Gasteiger partial charge in [-0.3, -0.25) is 9.59 Å². The first-order chi connectivity index (χ1) is 20.8. The zero-order chi connectivity index (χ0) is 30.3. The summed E-state index contributed by atoms with van der Waals surface area (Å²) >= 11 is 0. The molecule has 2 saturated heterocycles. The van der Waals surface area contributed by atoms with Crippen LogP contribution in [0.3, 0.4) is 0 Å². The number of fused-ring (bicyclic) bond motifs is 1. The van der Waals surface area contributed by atoms with E-state index in [4.69, 9.17) is 4.74 Å². The smallest absolute Gasteiger partial charge is 0.334 e. The lowest BCUT2D eigenvalue weighted by molar-refractivity contribution is -0.186. The van der Waals surface area contributed by atoms with Gasteiger partial charge in [0.15, 0.2) is 0 Å². The maximum Gasteiger partial charge on any atom is 0.334 e. The second-order valence-electron chi connectivity index (χ2n) is 11.1. The van der Waals surface area contributed by atoms with Crippen molar-refractivity contribution in [2.45, 2.75) is 44.4 Å². The number of carbonyl (C=O) groups is 3. The number of nitrogens with one attached hydrogen (secondary N) is 1. The molecule has 4 amide bonds. The Morgan fingerprint density at radius 2 is 1.63 bits per heavy atom. The van der Waals surface area contributed by atoms with Crippen molar-refractivity contribution in [3.63, 3.8) is 0 Å². The second kappa shape index (κ2) is 13.6. The molecule has 10 heteroatoms. The zero-order valence-electron chi connectivity index (χ0n) is 24.7. The lowest BCUT2D eigenvalue weighted by atomic mass is 9.98. The van der Waals surface area contributed by atoms with E-state index in [1.807, 2.05) is 42.5 Å². The summed E-state index contributed by atoms with van der Waals surface area (Å²) in [6, 6.07) is 23.3. The number of rotatable bonds is 10. The minimum absolute atomic E-state index is 0.0249. The van der Waals surface area contributed by atoms with Crippen LogP contribution in [-0.4, -0.2) is 88.8 Å². The highest BCUT2D eigenvalue weighted by Gasteiger charge is 2.50. The van der Waals surface area contributed by atoms with Gasteiger partial charge in [-0.15, -0.1) is 0 Å². The molecule has 0 spiro atoms. The van der Waals surface area contributed by atoms with E-state index < -0.39 is 12.2 Å². The van der Waals surface area contributed by atoms with Gasteiger partial charge in [0.2, 0.25) is 11.8 Å². The fraction of sp³-hybridized carbons (Fsp3) is 0.364. The standard InChI is InChI=1S/C33H39N5O5/c1-35-23-31(40)37-29(20-25-11-15-27(39)16-12-25)32(41)36(19-7-6-10-24-8-4-3-5-9-24)22-30(37)38(35)33(42)34-21-26-13-17-28(43-2)18-14-26/h3-5,8-9,11-18,29-30,39H,6-7,10,19-23H2,1-2H3,(H,34,42)/t29-,30-/m0/s1. The maximum atomic E-state index is 13.9. The van der Waals surface area contributed by atoms with Gasteiger partial charge in [-0.25, -0.2) is 14.8 Å². The summed E-state index contributed by atoms with van der Waals surface area (Å²) in [5.41, 5.74) is 2.98. The fourth-order valence-electron chi connectivity index (χ4n) is 5.84. The van der Waals surface area contributed by atoms with Crippen molar-refractivity contribution in [1.29, 1.82) is 0 Å². The minimum atomic E-state index is -0.768. The normalized spacial score (nSPS) is 18.9. The van der Waals surface area contributed by atoms with E-state index in [-0.39, 0.29) is 43.1 Å². The van der Waals surface area contributed by atoms with Crippen LogP contribution in [0.2, 0.25) is 0 Å². The predicted octanol–water partition coefficient (Wildman–Crippen LogP) is 3.40. The number of hydrogen-bond donors (Lipinski definition) is 2. The van der Waals surface area contributed by atoms with Gasteiger partial charge in [0.05, 0.1) is 20.2 Å². The number of hydrogen-bond acceptors (Lipinski definition) is 6. The minimum Gasteiger partial charge on any atom is -0.508 e. The number of piperazine rings is 1. The van der Waals surface area contributed by atoms with E-state index in [1.54, 1.807) is 58.2 Å². The van der Waals surface area contributed by atoms with Crippen molar-refractivity contribution in [2.75, 3.05) is 33.8 Å². The topological polar surface area (TPSA) is 106 Å². The van der Waals surface area contributed by atoms with Crippen LogP contribution in [0.15, 0.2) is 78.9 Å². The monoisotopic (exact) mass is 585 g/mol. The largest absolute Gasteiger partial charge is 0.508 e. The van der Waals surface area contributed by atoms with Crippen LogP contribution in [-0.2, 0) is 29.0 Å². The van der Waals surface area contributed by atoms with E-state index >= 15 is 0 Å². The number of nitrogens with zero attached hydrogens (tertiary/aromatic N) is 4. The second-order valence-corrected chi connectivity index (χ2v) is 11.1. The average Bonchev–Trinajstić information content (AvgIpc) is 3.01. The van der Waals surface area contributed by atoms with Gasteiger partial charge in [-0.05, 0) is 60.2 Å².